The highest BCUT2D eigenvalue weighted by molar-refractivity contribution is 5.96. The van der Waals surface area contributed by atoms with Gasteiger partial charge in [0.15, 0.2) is 0 Å². The molecule has 0 spiro atoms. The van der Waals surface area contributed by atoms with Crippen LogP contribution in [-0.4, -0.2) is 7.05 Å². The van der Waals surface area contributed by atoms with E-state index in [1.807, 2.05) is 0 Å². The van der Waals surface area contributed by atoms with Crippen molar-refractivity contribution in [1.29, 1.82) is 0 Å². The Kier molecular flexibility index (Phi) is 3.11. The van der Waals surface area contributed by atoms with Gasteiger partial charge < -0.3 is 4.90 Å². The molecular weight excluding hydrogens is 302 g/mol. The number of nitrogens with zero attached hydrogens (tertiary/aromatic N) is 1. The Hall–Kier alpha value is -2.80. The summed E-state index contributed by atoms with van der Waals surface area (Å²) in [5, 5.41) is 2.57. The minimum absolute atomic E-state index is 0.240. The van der Waals surface area contributed by atoms with Gasteiger partial charge >= 0.3 is 0 Å². The van der Waals surface area contributed by atoms with Gasteiger partial charge in [-0.3, -0.25) is 0 Å². The van der Waals surface area contributed by atoms with Gasteiger partial charge in [-0.25, -0.2) is 0 Å². The molecule has 0 bridgehead atoms. The maximum atomic E-state index is 2.38. The third kappa shape index (κ3) is 2.23. The summed E-state index contributed by atoms with van der Waals surface area (Å²) in [6.45, 7) is 0. The molecule has 25 heavy (non-hydrogen) atoms. The lowest BCUT2D eigenvalue weighted by atomic mass is 9.90. The summed E-state index contributed by atoms with van der Waals surface area (Å²) in [6.07, 6.45) is 10.4. The summed E-state index contributed by atoms with van der Waals surface area (Å²) in [7, 11) is 2.17. The van der Waals surface area contributed by atoms with E-state index in [-0.39, 0.29) is 5.41 Å². The van der Waals surface area contributed by atoms with Crippen LogP contribution in [0.5, 0.6) is 0 Å². The van der Waals surface area contributed by atoms with E-state index >= 15 is 0 Å². The first-order chi connectivity index (χ1) is 12.3. The van der Waals surface area contributed by atoms with Gasteiger partial charge in [0.05, 0.1) is 0 Å². The zero-order chi connectivity index (χ0) is 16.9. The maximum Gasteiger partial charge on any atom is 0.0487 e. The molecule has 0 N–H and O–H groups in total. The summed E-state index contributed by atoms with van der Waals surface area (Å²) in [5.74, 6) is 0.676. The molecule has 0 aromatic heterocycles. The van der Waals surface area contributed by atoms with Crippen LogP contribution in [0.3, 0.4) is 0 Å². The van der Waals surface area contributed by atoms with Crippen LogP contribution in [0, 0.1) is 5.92 Å². The second kappa shape index (κ2) is 5.35. The van der Waals surface area contributed by atoms with E-state index in [2.05, 4.69) is 103 Å². The molecule has 2 atom stereocenters. The van der Waals surface area contributed by atoms with Crippen molar-refractivity contribution in [2.45, 2.75) is 11.8 Å². The van der Waals surface area contributed by atoms with Crippen LogP contribution in [0.25, 0.3) is 10.8 Å². The van der Waals surface area contributed by atoms with Crippen molar-refractivity contribution in [3.8, 4) is 0 Å². The van der Waals surface area contributed by atoms with E-state index in [9.17, 15) is 0 Å². The Morgan fingerprint density at radius 3 is 2.68 bits per heavy atom. The largest absolute Gasteiger partial charge is 0.344 e. The van der Waals surface area contributed by atoms with Gasteiger partial charge in [0, 0.05) is 29.2 Å². The normalized spacial score (nSPS) is 23.5. The van der Waals surface area contributed by atoms with Crippen molar-refractivity contribution in [2.24, 2.45) is 5.92 Å². The first-order valence-electron chi connectivity index (χ1n) is 8.96. The molecule has 1 saturated carbocycles. The summed E-state index contributed by atoms with van der Waals surface area (Å²) in [5.41, 5.74) is 4.17. The molecule has 1 fully saturated rings. The van der Waals surface area contributed by atoms with Gasteiger partial charge in [-0.2, -0.15) is 0 Å². The van der Waals surface area contributed by atoms with Gasteiger partial charge in [-0.1, -0.05) is 72.8 Å². The molecule has 3 aromatic carbocycles. The topological polar surface area (TPSA) is 3.24 Å². The van der Waals surface area contributed by atoms with E-state index < -0.39 is 0 Å². The number of benzene rings is 3. The van der Waals surface area contributed by atoms with E-state index in [1.165, 1.54) is 34.1 Å². The Morgan fingerprint density at radius 1 is 0.920 bits per heavy atom. The summed E-state index contributed by atoms with van der Waals surface area (Å²) < 4.78 is 0. The lowest BCUT2D eigenvalue weighted by Gasteiger charge is -2.23. The zero-order valence-corrected chi connectivity index (χ0v) is 14.4. The number of hydrogen-bond acceptors (Lipinski definition) is 1. The van der Waals surface area contributed by atoms with Crippen LogP contribution in [0.2, 0.25) is 0 Å². The van der Waals surface area contributed by atoms with Crippen LogP contribution in [0.4, 0.5) is 11.4 Å². The molecule has 5 rings (SSSR count). The average molecular weight is 323 g/mol. The second-order valence-corrected chi connectivity index (χ2v) is 7.20. The maximum absolute atomic E-state index is 2.38. The van der Waals surface area contributed by atoms with Crippen LogP contribution < -0.4 is 4.90 Å². The van der Waals surface area contributed by atoms with Gasteiger partial charge in [0.1, 0.15) is 0 Å². The minimum Gasteiger partial charge on any atom is -0.344 e. The van der Waals surface area contributed by atoms with Crippen molar-refractivity contribution < 1.29 is 0 Å². The highest BCUT2D eigenvalue weighted by Gasteiger charge is 2.52. The highest BCUT2D eigenvalue weighted by Crippen LogP contribution is 2.58. The summed E-state index contributed by atoms with van der Waals surface area (Å²) in [4.78, 5) is 2.31. The zero-order valence-electron chi connectivity index (χ0n) is 14.4. The van der Waals surface area contributed by atoms with Crippen LogP contribution in [0.1, 0.15) is 12.0 Å². The minimum atomic E-state index is 0.240. The second-order valence-electron chi connectivity index (χ2n) is 7.20. The van der Waals surface area contributed by atoms with Crippen molar-refractivity contribution in [3.63, 3.8) is 0 Å². The molecule has 1 nitrogen and oxygen atoms in total. The molecule has 2 unspecified atom stereocenters. The number of hydrogen-bond donors (Lipinski definition) is 0. The SMILES string of the molecule is CN(c1cccc(C23C=CC=CC2C3)c1)c1cccc2ccccc12. The molecule has 2 aliphatic carbocycles. The van der Waals surface area contributed by atoms with Gasteiger partial charge in [-0.15, -0.1) is 0 Å². The van der Waals surface area contributed by atoms with Crippen molar-refractivity contribution in [2.75, 3.05) is 11.9 Å². The predicted octanol–water partition coefficient (Wildman–Crippen LogP) is 5.99. The Balaban J connectivity index is 1.56. The monoisotopic (exact) mass is 323 g/mol. The first-order valence-corrected chi connectivity index (χ1v) is 8.96. The van der Waals surface area contributed by atoms with E-state index in [1.54, 1.807) is 0 Å². The molecule has 2 aliphatic rings. The molecule has 0 radical (unpaired) electrons. The lowest BCUT2D eigenvalue weighted by molar-refractivity contribution is 0.817. The lowest BCUT2D eigenvalue weighted by Crippen LogP contribution is -2.12. The van der Waals surface area contributed by atoms with Crippen LogP contribution >= 0.6 is 0 Å². The standard InChI is InChI=1S/C24H21N/c1-25(23-14-6-9-18-8-2-3-13-22(18)23)21-12-7-11-19(16-21)24-15-5-4-10-20(24)17-24/h2-16,20H,17H2,1H3. The fourth-order valence-electron chi connectivity index (χ4n) is 4.23. The first kappa shape index (κ1) is 14.5. The molecule has 0 heterocycles. The fourth-order valence-corrected chi connectivity index (χ4v) is 4.23. The summed E-state index contributed by atoms with van der Waals surface area (Å²) >= 11 is 0. The molecule has 3 aromatic rings. The fraction of sp³-hybridized carbons (Fsp3) is 0.167. The number of anilines is 2. The van der Waals surface area contributed by atoms with Gasteiger partial charge in [0.2, 0.25) is 0 Å². The predicted molar refractivity (Wildman–Crippen MR) is 107 cm³/mol. The van der Waals surface area contributed by atoms with Crippen molar-refractivity contribution in [1.82, 2.24) is 0 Å². The van der Waals surface area contributed by atoms with Crippen LogP contribution in [0.15, 0.2) is 91.0 Å². The van der Waals surface area contributed by atoms with E-state index in [4.69, 9.17) is 0 Å². The Labute approximate surface area is 148 Å². The molecule has 0 amide bonds. The molecule has 1 heteroatoms. The third-order valence-corrected chi connectivity index (χ3v) is 5.81. The Morgan fingerprint density at radius 2 is 1.76 bits per heavy atom. The average Bonchev–Trinajstić information content (AvgIpc) is 3.43. The molecular formula is C24H21N. The Bertz CT molecular complexity index is 1010. The number of fused-ring (bicyclic) bond motifs is 2. The molecule has 0 saturated heterocycles. The van der Waals surface area contributed by atoms with Gasteiger partial charge in [-0.05, 0) is 41.5 Å². The van der Waals surface area contributed by atoms with E-state index in [0.717, 1.165) is 0 Å². The van der Waals surface area contributed by atoms with Crippen LogP contribution in [-0.2, 0) is 5.41 Å². The highest BCUT2D eigenvalue weighted by atomic mass is 15.1. The van der Waals surface area contributed by atoms with Gasteiger partial charge in [0.25, 0.3) is 0 Å². The number of allylic oxidation sites excluding steroid dienone is 4. The smallest absolute Gasteiger partial charge is 0.0487 e. The van der Waals surface area contributed by atoms with Crippen molar-refractivity contribution >= 4 is 22.1 Å². The van der Waals surface area contributed by atoms with E-state index in [0.29, 0.717) is 5.92 Å². The third-order valence-electron chi connectivity index (χ3n) is 5.81. The quantitative estimate of drug-likeness (QED) is 0.572. The summed E-state index contributed by atoms with van der Waals surface area (Å²) in [6, 6.07) is 24.2. The molecule has 122 valence electrons. The van der Waals surface area contributed by atoms with Crippen molar-refractivity contribution in [3.05, 3.63) is 96.6 Å². The number of rotatable bonds is 3. The molecule has 0 aliphatic heterocycles.